The molecule has 0 atom stereocenters. The molecule has 0 saturated carbocycles. The number of carboxylic acids is 1. The number of nitrogens with zero attached hydrogens (tertiary/aromatic N) is 7. The van der Waals surface area contributed by atoms with Gasteiger partial charge in [0.2, 0.25) is 0 Å². The molecule has 0 aliphatic carbocycles. The summed E-state index contributed by atoms with van der Waals surface area (Å²) in [5, 5.41) is 28.0. The number of imidazole rings is 1. The van der Waals surface area contributed by atoms with Gasteiger partial charge in [-0.15, -0.1) is 0 Å². The third-order valence-corrected chi connectivity index (χ3v) is 10.5. The van der Waals surface area contributed by atoms with Crippen LogP contribution >= 0.6 is 12.2 Å². The van der Waals surface area contributed by atoms with E-state index in [4.69, 9.17) is 15.7 Å². The first-order chi connectivity index (χ1) is 30.4. The number of nitriles is 1. The molecule has 13 heteroatoms. The zero-order valence-corrected chi connectivity index (χ0v) is 39.6. The van der Waals surface area contributed by atoms with Gasteiger partial charge < -0.3 is 28.1 Å². The monoisotopic (exact) mass is 966 g/mol. The maximum absolute atomic E-state index is 11.3. The van der Waals surface area contributed by atoms with Gasteiger partial charge in [0.25, 0.3) is 0 Å². The van der Waals surface area contributed by atoms with E-state index >= 15 is 0 Å². The van der Waals surface area contributed by atoms with E-state index < -0.39 is 5.97 Å². The van der Waals surface area contributed by atoms with Gasteiger partial charge in [-0.3, -0.25) is 19.9 Å². The standard InChI is InChI=1S/C28H44N2.C20H12N4O2.CHNS.CNS.Ru/c1-3-5-7-9-11-13-15-17-25-19-21-29-27(23-25)28-24-26(20-22-30-28)18-16-14-12-10-8-6-4-2;25-20(26)12-5-1-4-11(10-12)19-23-17-13-6-2-8-21-15(13)16-14(18(17)24-19)7-3-9-22-16;2*2-1-3;/h19-24H,3-18H2,1-2H3;1-10H,(H,23,24)(H,25,26);3H;;/q;;;-1;+2/p-1. The zero-order chi connectivity index (χ0) is 44.4. The molecule has 0 fully saturated rings. The SMILES string of the molecule is CCCCCCCCCc1ccnc(-c2cc(CCCCCCCCC)ccn2)c1.N#C[S-].O=C(O)c1cccc(-c2nc3c4cccnc4c4ncccc4c3[nH]2)c1.[N-]=C=S.[Ru+2]. The van der Waals surface area contributed by atoms with Crippen LogP contribution in [-0.2, 0) is 44.9 Å². The Morgan fingerprint density at radius 3 is 1.67 bits per heavy atom. The summed E-state index contributed by atoms with van der Waals surface area (Å²) in [6, 6.07) is 23.3. The summed E-state index contributed by atoms with van der Waals surface area (Å²) >= 11 is 7.40. The number of fused-ring (bicyclic) bond motifs is 6. The summed E-state index contributed by atoms with van der Waals surface area (Å²) < 4.78 is 0. The molecule has 7 aromatic rings. The van der Waals surface area contributed by atoms with Crippen LogP contribution < -0.4 is 0 Å². The Labute approximate surface area is 395 Å². The molecule has 0 unspecified atom stereocenters. The van der Waals surface area contributed by atoms with Gasteiger partial charge in [-0.2, -0.15) is 5.16 Å². The van der Waals surface area contributed by atoms with E-state index in [0.29, 0.717) is 5.82 Å². The Morgan fingerprint density at radius 2 is 1.16 bits per heavy atom. The fraction of sp³-hybridized carbons (Fsp3) is 0.360. The molecule has 0 radical (unpaired) electrons. The van der Waals surface area contributed by atoms with Crippen LogP contribution in [0.1, 0.15) is 125 Å². The summed E-state index contributed by atoms with van der Waals surface area (Å²) in [6.07, 6.45) is 28.7. The van der Waals surface area contributed by atoms with Crippen molar-refractivity contribution in [1.82, 2.24) is 29.9 Å². The van der Waals surface area contributed by atoms with Gasteiger partial charge in [0, 0.05) is 41.1 Å². The number of rotatable bonds is 19. The van der Waals surface area contributed by atoms with E-state index in [9.17, 15) is 9.90 Å². The van der Waals surface area contributed by atoms with Gasteiger partial charge in [-0.05, 0) is 97.5 Å². The Balaban J connectivity index is 0.000000295. The second kappa shape index (κ2) is 29.8. The quantitative estimate of drug-likeness (QED) is 0.0152. The van der Waals surface area contributed by atoms with Gasteiger partial charge in [-0.25, -0.2) is 15.0 Å². The average molecular weight is 966 g/mol. The van der Waals surface area contributed by atoms with E-state index in [0.717, 1.165) is 62.6 Å². The number of aromatic amines is 1. The van der Waals surface area contributed by atoms with Crippen molar-refractivity contribution < 1.29 is 29.4 Å². The van der Waals surface area contributed by atoms with Crippen molar-refractivity contribution in [1.29, 1.82) is 5.26 Å². The zero-order valence-electron chi connectivity index (χ0n) is 36.2. The molecule has 5 heterocycles. The molecule has 0 bridgehead atoms. The predicted molar refractivity (Wildman–Crippen MR) is 259 cm³/mol. The number of hydrogen-bond acceptors (Lipinski definition) is 9. The van der Waals surface area contributed by atoms with E-state index in [1.165, 1.54) is 112 Å². The number of aromatic nitrogens is 6. The number of carbonyl (C=O) groups is 1. The van der Waals surface area contributed by atoms with Crippen LogP contribution in [0.4, 0.5) is 0 Å². The number of thiocyanates is 1. The normalized spacial score (nSPS) is 10.2. The molecule has 10 nitrogen and oxygen atoms in total. The first-order valence-electron chi connectivity index (χ1n) is 21.7. The van der Waals surface area contributed by atoms with Crippen LogP contribution in [0.25, 0.3) is 61.0 Å². The molecule has 328 valence electrons. The number of carboxylic acid groups (broad SMARTS) is 1. The van der Waals surface area contributed by atoms with Crippen molar-refractivity contribution in [3.8, 4) is 28.2 Å². The maximum Gasteiger partial charge on any atom is 2.00 e. The first kappa shape index (κ1) is 52.0. The Hall–Kier alpha value is -5.37. The molecule has 7 rings (SSSR count). The minimum absolute atomic E-state index is 0. The van der Waals surface area contributed by atoms with Gasteiger partial charge in [0.1, 0.15) is 5.82 Å². The first-order valence-corrected chi connectivity index (χ1v) is 22.5. The Morgan fingerprint density at radius 1 is 0.683 bits per heavy atom. The van der Waals surface area contributed by atoms with Crippen LogP contribution in [0, 0.1) is 10.7 Å². The third-order valence-electron chi connectivity index (χ3n) is 10.5. The van der Waals surface area contributed by atoms with Crippen molar-refractivity contribution in [2.45, 2.75) is 117 Å². The molecule has 5 aromatic heterocycles. The van der Waals surface area contributed by atoms with Crippen molar-refractivity contribution >= 4 is 68.8 Å². The average Bonchev–Trinajstić information content (AvgIpc) is 3.76. The fourth-order valence-corrected chi connectivity index (χ4v) is 7.39. The summed E-state index contributed by atoms with van der Waals surface area (Å²) in [5.74, 6) is -0.350. The third kappa shape index (κ3) is 16.7. The van der Waals surface area contributed by atoms with Gasteiger partial charge in [0.15, 0.2) is 0 Å². The number of pyridine rings is 4. The van der Waals surface area contributed by atoms with E-state index in [1.54, 1.807) is 30.6 Å². The molecule has 63 heavy (non-hydrogen) atoms. The molecule has 0 spiro atoms. The van der Waals surface area contributed by atoms with E-state index in [-0.39, 0.29) is 25.0 Å². The van der Waals surface area contributed by atoms with Crippen LogP contribution in [-0.4, -0.2) is 46.1 Å². The van der Waals surface area contributed by atoms with E-state index in [1.807, 2.05) is 42.7 Å². The summed E-state index contributed by atoms with van der Waals surface area (Å²) in [5.41, 5.74) is 9.05. The summed E-state index contributed by atoms with van der Waals surface area (Å²) in [7, 11) is 0. The van der Waals surface area contributed by atoms with Gasteiger partial charge in [-0.1, -0.05) is 121 Å². The Kier molecular flexibility index (Phi) is 24.6. The minimum atomic E-state index is -0.965. The molecule has 0 amide bonds. The molecule has 0 aliphatic rings. The number of hydrogen-bond donors (Lipinski definition) is 2. The summed E-state index contributed by atoms with van der Waals surface area (Å²) in [4.78, 5) is 37.5. The number of aromatic carboxylic acids is 1. The molecule has 0 aliphatic heterocycles. The molecular weight excluding hydrogens is 910 g/mol. The van der Waals surface area contributed by atoms with Gasteiger partial charge in [0.05, 0.1) is 39.0 Å². The van der Waals surface area contributed by atoms with Crippen LogP contribution in [0.5, 0.6) is 0 Å². The molecular formula is C50H56N8O2RuS2. The molecule has 2 aromatic carbocycles. The Bertz CT molecular complexity index is 2400. The fourth-order valence-electron chi connectivity index (χ4n) is 7.39. The van der Waals surface area contributed by atoms with Crippen LogP contribution in [0.2, 0.25) is 0 Å². The number of thiocarbonyl (C=S) groups is 1. The van der Waals surface area contributed by atoms with E-state index in [2.05, 4.69) is 87.9 Å². The number of unbranched alkanes of at least 4 members (excludes halogenated alkanes) is 12. The largest absolute Gasteiger partial charge is 2.00 e. The number of aryl methyl sites for hydroxylation is 2. The minimum Gasteiger partial charge on any atom is -0.753 e. The van der Waals surface area contributed by atoms with Crippen molar-refractivity contribution in [2.24, 2.45) is 0 Å². The van der Waals surface area contributed by atoms with Crippen LogP contribution in [0.3, 0.4) is 0 Å². The van der Waals surface area contributed by atoms with Crippen molar-refractivity contribution in [2.75, 3.05) is 0 Å². The maximum atomic E-state index is 11.3. The number of benzene rings is 2. The topological polar surface area (TPSA) is 164 Å². The number of nitrogens with one attached hydrogen (secondary N) is 1. The smallest absolute Gasteiger partial charge is 0.753 e. The van der Waals surface area contributed by atoms with Gasteiger partial charge >= 0.3 is 25.4 Å². The summed E-state index contributed by atoms with van der Waals surface area (Å²) in [6.45, 7) is 4.56. The van der Waals surface area contributed by atoms with Crippen LogP contribution in [0.15, 0.2) is 97.6 Å². The predicted octanol–water partition coefficient (Wildman–Crippen LogP) is 13.4. The second-order valence-corrected chi connectivity index (χ2v) is 15.4. The number of H-pyrrole nitrogens is 1. The second-order valence-electron chi connectivity index (χ2n) is 15.0. The number of isothiocyanates is 1. The van der Waals surface area contributed by atoms with Crippen molar-refractivity contribution in [3.63, 3.8) is 0 Å². The molecule has 0 saturated heterocycles. The van der Waals surface area contributed by atoms with Crippen molar-refractivity contribution in [3.05, 3.63) is 120 Å². The molecule has 2 N–H and O–H groups in total.